The predicted molar refractivity (Wildman–Crippen MR) is 107 cm³/mol. The van der Waals surface area contributed by atoms with E-state index in [1.54, 1.807) is 23.9 Å². The third-order valence-corrected chi connectivity index (χ3v) is 4.64. The summed E-state index contributed by atoms with van der Waals surface area (Å²) in [6.45, 7) is 5.34. The fourth-order valence-electron chi connectivity index (χ4n) is 3.22. The second-order valence-corrected chi connectivity index (χ2v) is 6.70. The Kier molecular flexibility index (Phi) is 5.89. The second-order valence-electron chi connectivity index (χ2n) is 6.70. The molecule has 0 spiro atoms. The number of amides is 1. The summed E-state index contributed by atoms with van der Waals surface area (Å²) in [7, 11) is 1.60. The molecule has 0 fully saturated rings. The first kappa shape index (κ1) is 19.8. The predicted octanol–water partition coefficient (Wildman–Crippen LogP) is 1.61. The van der Waals surface area contributed by atoms with E-state index < -0.39 is 0 Å². The summed E-state index contributed by atoms with van der Waals surface area (Å²) in [5.41, 5.74) is 1.84. The summed E-state index contributed by atoms with van der Waals surface area (Å²) >= 11 is 0. The van der Waals surface area contributed by atoms with Crippen LogP contribution in [0.1, 0.15) is 35.7 Å². The van der Waals surface area contributed by atoms with Gasteiger partial charge in [-0.15, -0.1) is 0 Å². The van der Waals surface area contributed by atoms with Gasteiger partial charge in [-0.25, -0.2) is 4.98 Å². The van der Waals surface area contributed by atoms with E-state index in [4.69, 9.17) is 10.1 Å². The van der Waals surface area contributed by atoms with Gasteiger partial charge in [0.1, 0.15) is 16.8 Å². The zero-order chi connectivity index (χ0) is 20.3. The number of nitrogens with zero attached hydrogens (tertiary/aromatic N) is 3. The summed E-state index contributed by atoms with van der Waals surface area (Å²) in [6.07, 6.45) is 3.09. The molecular formula is C20H25N5O3. The van der Waals surface area contributed by atoms with Crippen molar-refractivity contribution in [2.24, 2.45) is 0 Å². The highest BCUT2D eigenvalue weighted by Gasteiger charge is 2.17. The molecule has 0 saturated carbocycles. The van der Waals surface area contributed by atoms with Crippen molar-refractivity contribution in [3.8, 4) is 0 Å². The zero-order valence-electron chi connectivity index (χ0n) is 16.4. The van der Waals surface area contributed by atoms with Crippen LogP contribution in [0.2, 0.25) is 0 Å². The number of carbonyl (C=O) groups is 1. The highest BCUT2D eigenvalue weighted by molar-refractivity contribution is 5.96. The number of pyridine rings is 2. The largest absolute Gasteiger partial charge is 0.385 e. The van der Waals surface area contributed by atoms with Gasteiger partial charge in [-0.3, -0.25) is 19.4 Å². The van der Waals surface area contributed by atoms with Crippen LogP contribution in [0.15, 0.2) is 29.2 Å². The Bertz CT molecular complexity index is 1150. The van der Waals surface area contributed by atoms with E-state index >= 15 is 0 Å². The van der Waals surface area contributed by atoms with Crippen molar-refractivity contribution in [2.45, 2.75) is 33.2 Å². The molecule has 0 aromatic carbocycles. The van der Waals surface area contributed by atoms with Gasteiger partial charge in [0, 0.05) is 33.0 Å². The first-order chi connectivity index (χ1) is 13.5. The van der Waals surface area contributed by atoms with Crippen molar-refractivity contribution in [3.63, 3.8) is 0 Å². The lowest BCUT2D eigenvalue weighted by Gasteiger charge is -2.14. The second kappa shape index (κ2) is 8.35. The van der Waals surface area contributed by atoms with Crippen LogP contribution in [0, 0.1) is 12.3 Å². The molecule has 3 aromatic rings. The molecule has 0 unspecified atom stereocenters. The quantitative estimate of drug-likeness (QED) is 0.478. The van der Waals surface area contributed by atoms with Gasteiger partial charge in [-0.1, -0.05) is 13.0 Å². The molecule has 3 rings (SSSR count). The third kappa shape index (κ3) is 3.55. The number of ether oxygens (including phenoxy) is 1. The summed E-state index contributed by atoms with van der Waals surface area (Å²) in [5.74, 6) is -0.374. The maximum absolute atomic E-state index is 13.1. The number of carbonyl (C=O) groups excluding carboxylic acids is 1. The van der Waals surface area contributed by atoms with Crippen molar-refractivity contribution in [1.29, 1.82) is 5.41 Å². The molecule has 2 N–H and O–H groups in total. The van der Waals surface area contributed by atoms with Crippen molar-refractivity contribution in [1.82, 2.24) is 19.3 Å². The standard InChI is InChI=1S/C20H25N5O3/c1-4-9-24-16(21)14(19(26)22-8-6-11-28-3)12-15-18(24)23-17-13(2)7-5-10-25(17)20(15)27/h5,7,10,12,21H,4,6,8-9,11H2,1-3H3,(H,22,26). The summed E-state index contributed by atoms with van der Waals surface area (Å²) < 4.78 is 8.11. The number of fused-ring (bicyclic) bond motifs is 2. The summed E-state index contributed by atoms with van der Waals surface area (Å²) in [4.78, 5) is 30.4. The molecule has 148 valence electrons. The van der Waals surface area contributed by atoms with Gasteiger partial charge >= 0.3 is 0 Å². The van der Waals surface area contributed by atoms with Crippen LogP contribution in [0.5, 0.6) is 0 Å². The minimum absolute atomic E-state index is 0.0587. The third-order valence-electron chi connectivity index (χ3n) is 4.64. The van der Waals surface area contributed by atoms with E-state index in [9.17, 15) is 9.59 Å². The number of hydrogen-bond acceptors (Lipinski definition) is 5. The van der Waals surface area contributed by atoms with Crippen molar-refractivity contribution < 1.29 is 9.53 Å². The lowest BCUT2D eigenvalue weighted by Crippen LogP contribution is -2.35. The first-order valence-corrected chi connectivity index (χ1v) is 9.36. The minimum atomic E-state index is -0.374. The SMILES string of the molecule is CCCn1c(=N)c(C(=O)NCCCOC)cc2c(=O)n3cccc(C)c3nc21. The van der Waals surface area contributed by atoms with E-state index in [1.807, 2.05) is 19.9 Å². The molecule has 3 aromatic heterocycles. The molecular weight excluding hydrogens is 358 g/mol. The number of methoxy groups -OCH3 is 1. The molecule has 8 heteroatoms. The number of rotatable bonds is 7. The number of aryl methyl sites for hydroxylation is 2. The fraction of sp³-hybridized carbons (Fsp3) is 0.400. The Morgan fingerprint density at radius 1 is 1.36 bits per heavy atom. The highest BCUT2D eigenvalue weighted by Crippen LogP contribution is 2.13. The van der Waals surface area contributed by atoms with Crippen LogP contribution in [0.25, 0.3) is 16.7 Å². The maximum atomic E-state index is 13.1. The van der Waals surface area contributed by atoms with Crippen molar-refractivity contribution in [3.05, 3.63) is 51.4 Å². The highest BCUT2D eigenvalue weighted by atomic mass is 16.5. The number of nitrogens with one attached hydrogen (secondary N) is 2. The van der Waals surface area contributed by atoms with E-state index in [1.165, 1.54) is 10.5 Å². The summed E-state index contributed by atoms with van der Waals surface area (Å²) in [6, 6.07) is 5.17. The zero-order valence-corrected chi connectivity index (χ0v) is 16.4. The Balaban J connectivity index is 2.22. The maximum Gasteiger partial charge on any atom is 0.267 e. The molecule has 1 amide bonds. The Hall–Kier alpha value is -3.00. The smallest absolute Gasteiger partial charge is 0.267 e. The van der Waals surface area contributed by atoms with Gasteiger partial charge in [0.15, 0.2) is 0 Å². The van der Waals surface area contributed by atoms with E-state index in [2.05, 4.69) is 10.3 Å². The number of aromatic nitrogens is 3. The molecule has 0 aliphatic heterocycles. The Morgan fingerprint density at radius 3 is 2.86 bits per heavy atom. The van der Waals surface area contributed by atoms with Crippen molar-refractivity contribution in [2.75, 3.05) is 20.3 Å². The molecule has 0 atom stereocenters. The Labute approximate surface area is 162 Å². The fourth-order valence-corrected chi connectivity index (χ4v) is 3.22. The lowest BCUT2D eigenvalue weighted by atomic mass is 10.2. The molecule has 0 radical (unpaired) electrons. The van der Waals surface area contributed by atoms with Crippen molar-refractivity contribution >= 4 is 22.6 Å². The average molecular weight is 383 g/mol. The normalized spacial score (nSPS) is 11.2. The lowest BCUT2D eigenvalue weighted by molar-refractivity contribution is 0.0946. The van der Waals surface area contributed by atoms with Gasteiger partial charge in [-0.05, 0) is 37.5 Å². The molecule has 0 aliphatic rings. The molecule has 28 heavy (non-hydrogen) atoms. The van der Waals surface area contributed by atoms with Crippen LogP contribution in [-0.2, 0) is 11.3 Å². The minimum Gasteiger partial charge on any atom is -0.385 e. The van der Waals surface area contributed by atoms with Crippen LogP contribution in [-0.4, -0.2) is 40.1 Å². The average Bonchev–Trinajstić information content (AvgIpc) is 2.68. The molecule has 8 nitrogen and oxygen atoms in total. The molecule has 0 saturated heterocycles. The van der Waals surface area contributed by atoms with Crippen LogP contribution < -0.4 is 16.4 Å². The van der Waals surface area contributed by atoms with Gasteiger partial charge in [-0.2, -0.15) is 0 Å². The van der Waals surface area contributed by atoms with Gasteiger partial charge in [0.05, 0.1) is 10.9 Å². The van der Waals surface area contributed by atoms with E-state index in [0.29, 0.717) is 42.8 Å². The van der Waals surface area contributed by atoms with Gasteiger partial charge in [0.25, 0.3) is 11.5 Å². The van der Waals surface area contributed by atoms with E-state index in [-0.39, 0.29) is 22.5 Å². The molecule has 0 aliphatic carbocycles. The van der Waals surface area contributed by atoms with Crippen LogP contribution in [0.4, 0.5) is 0 Å². The molecule has 3 heterocycles. The van der Waals surface area contributed by atoms with E-state index in [0.717, 1.165) is 12.0 Å². The van der Waals surface area contributed by atoms with Crippen LogP contribution >= 0.6 is 0 Å². The summed E-state index contributed by atoms with van der Waals surface area (Å²) in [5, 5.41) is 11.7. The van der Waals surface area contributed by atoms with Crippen LogP contribution in [0.3, 0.4) is 0 Å². The van der Waals surface area contributed by atoms with Gasteiger partial charge in [0.2, 0.25) is 0 Å². The van der Waals surface area contributed by atoms with Gasteiger partial charge < -0.3 is 14.6 Å². The number of hydrogen-bond donors (Lipinski definition) is 2. The Morgan fingerprint density at radius 2 is 2.14 bits per heavy atom. The topological polar surface area (TPSA) is 101 Å². The molecule has 0 bridgehead atoms. The monoisotopic (exact) mass is 383 g/mol. The first-order valence-electron chi connectivity index (χ1n) is 9.36.